The van der Waals surface area contributed by atoms with E-state index in [1.165, 1.54) is 17.7 Å². The van der Waals surface area contributed by atoms with Crippen molar-refractivity contribution >= 4 is 0 Å². The van der Waals surface area contributed by atoms with Crippen LogP contribution in [0.15, 0.2) is 37.1 Å². The molecule has 1 aliphatic rings. The van der Waals surface area contributed by atoms with E-state index in [0.717, 1.165) is 52.4 Å². The normalized spacial score (nSPS) is 17.0. The van der Waals surface area contributed by atoms with E-state index in [1.807, 2.05) is 31.0 Å². The van der Waals surface area contributed by atoms with Gasteiger partial charge in [0, 0.05) is 58.4 Å². The molecule has 0 saturated carbocycles. The predicted molar refractivity (Wildman–Crippen MR) is 93.5 cm³/mol. The number of hydrogen-bond donors (Lipinski definition) is 0. The molecule has 0 bridgehead atoms. The Balaban J connectivity index is 1.51. The molecule has 6 nitrogen and oxygen atoms in total. The molecule has 0 spiro atoms. The summed E-state index contributed by atoms with van der Waals surface area (Å²) in [6, 6.07) is 4.17. The average molecular weight is 329 g/mol. The Hall–Kier alpha value is -1.76. The monoisotopic (exact) mass is 329 g/mol. The first-order valence-corrected chi connectivity index (χ1v) is 8.66. The van der Waals surface area contributed by atoms with Crippen LogP contribution in [0, 0.1) is 0 Å². The Kier molecular flexibility index (Phi) is 6.34. The maximum Gasteiger partial charge on any atom is 0.0949 e. The highest BCUT2D eigenvalue weighted by atomic mass is 16.5. The minimum atomic E-state index is 0.724. The van der Waals surface area contributed by atoms with E-state index < -0.39 is 0 Å². The Morgan fingerprint density at radius 3 is 2.62 bits per heavy atom. The number of ether oxygens (including phenoxy) is 1. The number of hydrogen-bond acceptors (Lipinski definition) is 5. The lowest BCUT2D eigenvalue weighted by atomic mass is 10.2. The number of rotatable bonds is 7. The molecule has 0 radical (unpaired) electrons. The van der Waals surface area contributed by atoms with Crippen molar-refractivity contribution in [3.8, 4) is 0 Å². The Morgan fingerprint density at radius 2 is 1.88 bits per heavy atom. The third kappa shape index (κ3) is 4.87. The van der Waals surface area contributed by atoms with Gasteiger partial charge in [0.2, 0.25) is 0 Å². The summed E-state index contributed by atoms with van der Waals surface area (Å²) < 4.78 is 7.37. The van der Waals surface area contributed by atoms with E-state index in [0.29, 0.717) is 0 Å². The van der Waals surface area contributed by atoms with Crippen molar-refractivity contribution in [3.63, 3.8) is 0 Å². The molecule has 2 aromatic heterocycles. The molecule has 24 heavy (non-hydrogen) atoms. The second-order valence-corrected chi connectivity index (χ2v) is 6.34. The summed E-state index contributed by atoms with van der Waals surface area (Å²) in [5, 5.41) is 0. The minimum absolute atomic E-state index is 0.724. The number of imidazole rings is 1. The van der Waals surface area contributed by atoms with Crippen LogP contribution < -0.4 is 0 Å². The highest BCUT2D eigenvalue weighted by Crippen LogP contribution is 2.11. The first-order chi connectivity index (χ1) is 11.8. The summed E-state index contributed by atoms with van der Waals surface area (Å²) in [6.07, 6.45) is 8.89. The molecule has 1 saturated heterocycles. The lowest BCUT2D eigenvalue weighted by Gasteiger charge is -2.22. The molecule has 0 unspecified atom stereocenters. The molecule has 2 aromatic rings. The van der Waals surface area contributed by atoms with E-state index in [9.17, 15) is 0 Å². The fourth-order valence-corrected chi connectivity index (χ4v) is 3.19. The molecule has 1 aliphatic heterocycles. The highest BCUT2D eigenvalue weighted by Gasteiger charge is 2.16. The summed E-state index contributed by atoms with van der Waals surface area (Å²) in [5.74, 6) is 0. The van der Waals surface area contributed by atoms with E-state index in [1.54, 1.807) is 7.11 Å². The summed E-state index contributed by atoms with van der Waals surface area (Å²) in [4.78, 5) is 13.6. The summed E-state index contributed by atoms with van der Waals surface area (Å²) in [7, 11) is 1.74. The van der Waals surface area contributed by atoms with Crippen molar-refractivity contribution in [2.75, 3.05) is 39.9 Å². The van der Waals surface area contributed by atoms with Gasteiger partial charge in [0.15, 0.2) is 0 Å². The average Bonchev–Trinajstić information content (AvgIpc) is 2.93. The van der Waals surface area contributed by atoms with Crippen LogP contribution in [-0.2, 0) is 24.4 Å². The molecule has 0 aromatic carbocycles. The van der Waals surface area contributed by atoms with Crippen LogP contribution in [0.1, 0.15) is 17.7 Å². The Morgan fingerprint density at radius 1 is 1.04 bits per heavy atom. The van der Waals surface area contributed by atoms with Crippen LogP contribution in [0.2, 0.25) is 0 Å². The zero-order valence-electron chi connectivity index (χ0n) is 14.5. The lowest BCUT2D eigenvalue weighted by molar-refractivity contribution is 0.184. The number of pyridine rings is 1. The maximum atomic E-state index is 5.18. The van der Waals surface area contributed by atoms with Crippen molar-refractivity contribution < 1.29 is 4.74 Å². The fraction of sp³-hybridized carbons (Fsp3) is 0.556. The van der Waals surface area contributed by atoms with Crippen LogP contribution >= 0.6 is 0 Å². The third-order valence-electron chi connectivity index (χ3n) is 4.53. The topological polar surface area (TPSA) is 46.4 Å². The van der Waals surface area contributed by atoms with Crippen molar-refractivity contribution in [2.45, 2.75) is 26.1 Å². The van der Waals surface area contributed by atoms with Gasteiger partial charge in [-0.1, -0.05) is 6.07 Å². The Bertz CT molecular complexity index is 600. The zero-order valence-corrected chi connectivity index (χ0v) is 14.5. The lowest BCUT2D eigenvalue weighted by Crippen LogP contribution is -2.31. The summed E-state index contributed by atoms with van der Waals surface area (Å²) in [6.45, 7) is 8.02. The summed E-state index contributed by atoms with van der Waals surface area (Å²) in [5.41, 5.74) is 2.57. The van der Waals surface area contributed by atoms with E-state index >= 15 is 0 Å². The van der Waals surface area contributed by atoms with Gasteiger partial charge in [-0.15, -0.1) is 0 Å². The molecule has 0 atom stereocenters. The second-order valence-electron chi connectivity index (χ2n) is 6.34. The largest absolute Gasteiger partial charge is 0.383 e. The molecule has 0 amide bonds. The van der Waals surface area contributed by atoms with Gasteiger partial charge in [-0.05, 0) is 31.1 Å². The van der Waals surface area contributed by atoms with Crippen molar-refractivity contribution in [1.82, 2.24) is 24.3 Å². The standard InChI is InChI=1S/C18H27N5O/c1-24-11-10-23-16-20-13-18(23)15-22-7-3-6-21(8-9-22)14-17-4-2-5-19-12-17/h2,4-5,12-13,16H,3,6-11,14-15H2,1H3. The summed E-state index contributed by atoms with van der Waals surface area (Å²) >= 11 is 0. The van der Waals surface area contributed by atoms with Gasteiger partial charge >= 0.3 is 0 Å². The fourth-order valence-electron chi connectivity index (χ4n) is 3.19. The van der Waals surface area contributed by atoms with Gasteiger partial charge in [-0.3, -0.25) is 14.8 Å². The van der Waals surface area contributed by atoms with Crippen LogP contribution in [0.4, 0.5) is 0 Å². The van der Waals surface area contributed by atoms with Gasteiger partial charge in [0.1, 0.15) is 0 Å². The molecule has 1 fully saturated rings. The van der Waals surface area contributed by atoms with Crippen LogP contribution in [0.3, 0.4) is 0 Å². The number of nitrogens with zero attached hydrogens (tertiary/aromatic N) is 5. The smallest absolute Gasteiger partial charge is 0.0949 e. The molecule has 0 aliphatic carbocycles. The van der Waals surface area contributed by atoms with Crippen molar-refractivity contribution in [1.29, 1.82) is 0 Å². The molecule has 3 heterocycles. The molecule has 6 heteroatoms. The first kappa shape index (κ1) is 17.1. The predicted octanol–water partition coefficient (Wildman–Crippen LogP) is 1.63. The second kappa shape index (κ2) is 8.92. The minimum Gasteiger partial charge on any atom is -0.383 e. The Labute approximate surface area is 144 Å². The van der Waals surface area contributed by atoms with Gasteiger partial charge in [-0.2, -0.15) is 0 Å². The van der Waals surface area contributed by atoms with Gasteiger partial charge < -0.3 is 9.30 Å². The van der Waals surface area contributed by atoms with Crippen molar-refractivity contribution in [2.24, 2.45) is 0 Å². The number of methoxy groups -OCH3 is 1. The van der Waals surface area contributed by atoms with Crippen LogP contribution in [0.25, 0.3) is 0 Å². The highest BCUT2D eigenvalue weighted by molar-refractivity contribution is 5.08. The van der Waals surface area contributed by atoms with E-state index in [-0.39, 0.29) is 0 Å². The third-order valence-corrected chi connectivity index (χ3v) is 4.53. The maximum absolute atomic E-state index is 5.18. The van der Waals surface area contributed by atoms with Crippen LogP contribution in [-0.4, -0.2) is 64.2 Å². The molecular weight excluding hydrogens is 302 g/mol. The molecule has 130 valence electrons. The number of aromatic nitrogens is 3. The van der Waals surface area contributed by atoms with E-state index in [2.05, 4.69) is 30.4 Å². The van der Waals surface area contributed by atoms with E-state index in [4.69, 9.17) is 4.74 Å². The SMILES string of the molecule is COCCn1cncc1CN1CCCN(Cc2cccnc2)CC1. The van der Waals surface area contributed by atoms with Crippen LogP contribution in [0.5, 0.6) is 0 Å². The zero-order chi connectivity index (χ0) is 16.6. The van der Waals surface area contributed by atoms with Gasteiger partial charge in [0.05, 0.1) is 18.6 Å². The van der Waals surface area contributed by atoms with Gasteiger partial charge in [0.25, 0.3) is 0 Å². The van der Waals surface area contributed by atoms with Crippen molar-refractivity contribution in [3.05, 3.63) is 48.3 Å². The molecule has 0 N–H and O–H groups in total. The molecule has 3 rings (SSSR count). The van der Waals surface area contributed by atoms with Gasteiger partial charge in [-0.25, -0.2) is 4.98 Å². The molecular formula is C18H27N5O. The first-order valence-electron chi connectivity index (χ1n) is 8.66. The quantitative estimate of drug-likeness (QED) is 0.773.